The lowest BCUT2D eigenvalue weighted by Crippen LogP contribution is -2.11. The molecule has 3 aromatic carbocycles. The highest BCUT2D eigenvalue weighted by atomic mass is 35.5. The Morgan fingerprint density at radius 2 is 1.58 bits per heavy atom. The summed E-state index contributed by atoms with van der Waals surface area (Å²) in [5.74, 6) is 0. The molecule has 0 unspecified atom stereocenters. The number of hydrogen-bond acceptors (Lipinski definition) is 2. The topological polar surface area (TPSA) is 17.1 Å². The third-order valence-electron chi connectivity index (χ3n) is 4.31. The molecule has 0 aliphatic rings. The molecule has 26 heavy (non-hydrogen) atoms. The molecule has 4 heteroatoms. The van der Waals surface area contributed by atoms with E-state index in [-0.39, 0.29) is 5.43 Å². The van der Waals surface area contributed by atoms with Gasteiger partial charge in [-0.1, -0.05) is 71.7 Å². The number of halogens is 2. The van der Waals surface area contributed by atoms with Gasteiger partial charge in [0.1, 0.15) is 0 Å². The van der Waals surface area contributed by atoms with Gasteiger partial charge in [-0.25, -0.2) is 0 Å². The largest absolute Gasteiger partial charge is 0.289 e. The van der Waals surface area contributed by atoms with Crippen LogP contribution in [-0.4, -0.2) is 0 Å². The molecule has 0 fully saturated rings. The van der Waals surface area contributed by atoms with Crippen molar-refractivity contribution in [2.24, 2.45) is 0 Å². The second-order valence-corrected chi connectivity index (χ2v) is 7.91. The van der Waals surface area contributed by atoms with E-state index in [1.165, 1.54) is 0 Å². The molecule has 0 radical (unpaired) electrons. The highest BCUT2D eigenvalue weighted by Crippen LogP contribution is 2.33. The smallest absolute Gasteiger partial charge is 0.192 e. The predicted molar refractivity (Wildman–Crippen MR) is 113 cm³/mol. The highest BCUT2D eigenvalue weighted by Gasteiger charge is 2.16. The molecule has 0 atom stereocenters. The lowest BCUT2D eigenvalue weighted by atomic mass is 10.0. The van der Waals surface area contributed by atoms with Crippen LogP contribution in [-0.2, 0) is 6.42 Å². The molecular weight excluding hydrogens is 383 g/mol. The van der Waals surface area contributed by atoms with Crippen LogP contribution in [0.4, 0.5) is 0 Å². The zero-order chi connectivity index (χ0) is 18.1. The van der Waals surface area contributed by atoms with E-state index >= 15 is 0 Å². The van der Waals surface area contributed by atoms with Crippen molar-refractivity contribution in [1.82, 2.24) is 0 Å². The molecule has 0 amide bonds. The molecule has 4 rings (SSSR count). The average Bonchev–Trinajstić information content (AvgIpc) is 2.66. The third kappa shape index (κ3) is 3.28. The van der Waals surface area contributed by atoms with Crippen molar-refractivity contribution in [3.05, 3.63) is 104 Å². The Kier molecular flexibility index (Phi) is 4.82. The van der Waals surface area contributed by atoms with Crippen molar-refractivity contribution in [2.45, 2.75) is 6.42 Å². The standard InChI is InChI=1S/C22H14Cl2OS/c23-16-11-10-15(19(24)13-16)12-18-21(25)17-8-4-5-9-20(17)26-22(18)14-6-2-1-3-7-14/h1-11,13H,12H2. The molecular formula is C22H14Cl2OS. The molecule has 0 bridgehead atoms. The zero-order valence-electron chi connectivity index (χ0n) is 13.7. The maximum atomic E-state index is 13.2. The fourth-order valence-electron chi connectivity index (χ4n) is 3.02. The zero-order valence-corrected chi connectivity index (χ0v) is 16.0. The lowest BCUT2D eigenvalue weighted by Gasteiger charge is -2.12. The van der Waals surface area contributed by atoms with Gasteiger partial charge < -0.3 is 0 Å². The number of hydrogen-bond donors (Lipinski definition) is 0. The Morgan fingerprint density at radius 3 is 2.35 bits per heavy atom. The Labute approximate surface area is 165 Å². The summed E-state index contributed by atoms with van der Waals surface area (Å²) in [5.41, 5.74) is 2.77. The number of fused-ring (bicyclic) bond motifs is 1. The molecule has 1 nitrogen and oxygen atoms in total. The van der Waals surface area contributed by atoms with Crippen molar-refractivity contribution in [2.75, 3.05) is 0 Å². The third-order valence-corrected chi connectivity index (χ3v) is 6.16. The first-order chi connectivity index (χ1) is 12.6. The molecule has 128 valence electrons. The molecule has 1 heterocycles. The van der Waals surface area contributed by atoms with E-state index in [9.17, 15) is 4.79 Å². The SMILES string of the molecule is O=c1c(Cc2ccc(Cl)cc2Cl)c(-c2ccccc2)sc2ccccc12. The molecule has 0 saturated heterocycles. The van der Waals surface area contributed by atoms with Gasteiger partial charge in [0.25, 0.3) is 0 Å². The van der Waals surface area contributed by atoms with Crippen molar-refractivity contribution in [1.29, 1.82) is 0 Å². The molecule has 0 spiro atoms. The molecule has 0 aliphatic heterocycles. The van der Waals surface area contributed by atoms with E-state index in [0.717, 1.165) is 31.7 Å². The summed E-state index contributed by atoms with van der Waals surface area (Å²) in [7, 11) is 0. The molecule has 1 aromatic heterocycles. The highest BCUT2D eigenvalue weighted by molar-refractivity contribution is 7.21. The fraction of sp³-hybridized carbons (Fsp3) is 0.0455. The molecule has 0 aliphatic carbocycles. The predicted octanol–water partition coefficient (Wildman–Crippen LogP) is 6.83. The van der Waals surface area contributed by atoms with Crippen molar-refractivity contribution < 1.29 is 0 Å². The normalized spacial score (nSPS) is 11.0. The number of benzene rings is 3. The summed E-state index contributed by atoms with van der Waals surface area (Å²) in [6, 6.07) is 23.2. The van der Waals surface area contributed by atoms with E-state index in [1.807, 2.05) is 60.7 Å². The Bertz CT molecular complexity index is 1150. The summed E-state index contributed by atoms with van der Waals surface area (Å²) in [6.45, 7) is 0. The van der Waals surface area contributed by atoms with E-state index in [1.54, 1.807) is 23.5 Å². The maximum absolute atomic E-state index is 13.2. The van der Waals surface area contributed by atoms with E-state index in [4.69, 9.17) is 23.2 Å². The van der Waals surface area contributed by atoms with Crippen LogP contribution >= 0.6 is 34.5 Å². The van der Waals surface area contributed by atoms with Crippen LogP contribution in [0.1, 0.15) is 11.1 Å². The van der Waals surface area contributed by atoms with Crippen molar-refractivity contribution in [3.63, 3.8) is 0 Å². The minimum Gasteiger partial charge on any atom is -0.289 e. The summed E-state index contributed by atoms with van der Waals surface area (Å²) in [5, 5.41) is 1.91. The van der Waals surface area contributed by atoms with Crippen LogP contribution < -0.4 is 5.43 Å². The minimum absolute atomic E-state index is 0.0595. The van der Waals surface area contributed by atoms with Crippen LogP contribution in [0.2, 0.25) is 10.0 Å². The minimum atomic E-state index is 0.0595. The second kappa shape index (κ2) is 7.24. The first-order valence-electron chi connectivity index (χ1n) is 8.17. The average molecular weight is 397 g/mol. The summed E-state index contributed by atoms with van der Waals surface area (Å²) >= 11 is 14.0. The van der Waals surface area contributed by atoms with Gasteiger partial charge in [0.05, 0.1) is 0 Å². The Morgan fingerprint density at radius 1 is 0.846 bits per heavy atom. The van der Waals surface area contributed by atoms with E-state index in [0.29, 0.717) is 16.5 Å². The first kappa shape index (κ1) is 17.3. The van der Waals surface area contributed by atoms with Gasteiger partial charge in [0, 0.05) is 37.0 Å². The van der Waals surface area contributed by atoms with E-state index < -0.39 is 0 Å². The van der Waals surface area contributed by atoms with Crippen molar-refractivity contribution >= 4 is 44.6 Å². The lowest BCUT2D eigenvalue weighted by molar-refractivity contribution is 1.19. The fourth-order valence-corrected chi connectivity index (χ4v) is 4.67. The van der Waals surface area contributed by atoms with Crippen LogP contribution in [0.25, 0.3) is 20.5 Å². The number of rotatable bonds is 3. The molecule has 0 N–H and O–H groups in total. The van der Waals surface area contributed by atoms with Crippen LogP contribution in [0.3, 0.4) is 0 Å². The quantitative estimate of drug-likeness (QED) is 0.370. The monoisotopic (exact) mass is 396 g/mol. The summed E-state index contributed by atoms with van der Waals surface area (Å²) in [6.07, 6.45) is 0.473. The summed E-state index contributed by atoms with van der Waals surface area (Å²) in [4.78, 5) is 14.2. The van der Waals surface area contributed by atoms with E-state index in [2.05, 4.69) is 0 Å². The van der Waals surface area contributed by atoms with Gasteiger partial charge in [-0.05, 0) is 35.4 Å². The van der Waals surface area contributed by atoms with Gasteiger partial charge in [-0.2, -0.15) is 0 Å². The van der Waals surface area contributed by atoms with Gasteiger partial charge >= 0.3 is 0 Å². The van der Waals surface area contributed by atoms with Crippen molar-refractivity contribution in [3.8, 4) is 10.4 Å². The molecule has 0 saturated carbocycles. The van der Waals surface area contributed by atoms with Gasteiger partial charge in [-0.15, -0.1) is 11.3 Å². The van der Waals surface area contributed by atoms with Crippen LogP contribution in [0.5, 0.6) is 0 Å². The van der Waals surface area contributed by atoms with Gasteiger partial charge in [0.15, 0.2) is 5.43 Å². The summed E-state index contributed by atoms with van der Waals surface area (Å²) < 4.78 is 0.988. The van der Waals surface area contributed by atoms with Gasteiger partial charge in [-0.3, -0.25) is 4.79 Å². The Balaban J connectivity index is 1.97. The van der Waals surface area contributed by atoms with Crippen LogP contribution in [0.15, 0.2) is 77.6 Å². The maximum Gasteiger partial charge on any atom is 0.192 e. The molecule has 4 aromatic rings. The van der Waals surface area contributed by atoms with Crippen LogP contribution in [0, 0.1) is 0 Å². The second-order valence-electron chi connectivity index (χ2n) is 6.01. The van der Waals surface area contributed by atoms with Gasteiger partial charge in [0.2, 0.25) is 0 Å². The first-order valence-corrected chi connectivity index (χ1v) is 9.75. The Hall–Kier alpha value is -2.13.